The van der Waals surface area contributed by atoms with E-state index in [0.717, 1.165) is 11.3 Å². The zero-order valence-corrected chi connectivity index (χ0v) is 9.46. The number of halogens is 1. The van der Waals surface area contributed by atoms with Crippen molar-refractivity contribution in [3.05, 3.63) is 29.8 Å². The van der Waals surface area contributed by atoms with Gasteiger partial charge < -0.3 is 10.5 Å². The van der Waals surface area contributed by atoms with Crippen LogP contribution in [0.4, 0.5) is 0 Å². The molecule has 0 amide bonds. The molecular formula is C11H15ClN2O. The van der Waals surface area contributed by atoms with E-state index in [0.29, 0.717) is 13.0 Å². The lowest BCUT2D eigenvalue weighted by molar-refractivity contribution is 0.339. The van der Waals surface area contributed by atoms with Crippen molar-refractivity contribution in [2.24, 2.45) is 5.73 Å². The van der Waals surface area contributed by atoms with Crippen molar-refractivity contribution in [3.8, 4) is 11.8 Å². The summed E-state index contributed by atoms with van der Waals surface area (Å²) >= 11 is 0. The maximum Gasteiger partial charge on any atom is 0.119 e. The second kappa shape index (κ2) is 7.10. The highest BCUT2D eigenvalue weighted by Crippen LogP contribution is 2.19. The minimum absolute atomic E-state index is 0. The maximum atomic E-state index is 8.51. The van der Waals surface area contributed by atoms with Crippen LogP contribution < -0.4 is 10.5 Å². The van der Waals surface area contributed by atoms with Crippen molar-refractivity contribution in [2.75, 3.05) is 6.61 Å². The normalized spacial score (nSPS) is 11.0. The summed E-state index contributed by atoms with van der Waals surface area (Å²) in [5, 5.41) is 8.51. The van der Waals surface area contributed by atoms with E-state index in [-0.39, 0.29) is 18.4 Å². The standard InChI is InChI=1S/C11H14N2O.ClH/c1-2-14-10-5-3-4-9(8-10)11(13)6-7-12;/h3-5,8,11H,2,6,13H2,1H3;1H/t11-;/m1./s1. The highest BCUT2D eigenvalue weighted by molar-refractivity contribution is 5.85. The molecule has 15 heavy (non-hydrogen) atoms. The molecule has 0 unspecified atom stereocenters. The molecule has 0 saturated carbocycles. The number of nitriles is 1. The fourth-order valence-electron chi connectivity index (χ4n) is 1.22. The first-order valence-electron chi connectivity index (χ1n) is 4.63. The maximum absolute atomic E-state index is 8.51. The Bertz CT molecular complexity index is 336. The fourth-order valence-corrected chi connectivity index (χ4v) is 1.22. The van der Waals surface area contributed by atoms with Gasteiger partial charge in [-0.3, -0.25) is 0 Å². The molecule has 1 rings (SSSR count). The van der Waals surface area contributed by atoms with Crippen LogP contribution in [0.3, 0.4) is 0 Å². The van der Waals surface area contributed by atoms with Gasteiger partial charge in [0.1, 0.15) is 5.75 Å². The Morgan fingerprint density at radius 3 is 2.87 bits per heavy atom. The van der Waals surface area contributed by atoms with Gasteiger partial charge in [0.25, 0.3) is 0 Å². The van der Waals surface area contributed by atoms with Gasteiger partial charge in [-0.1, -0.05) is 12.1 Å². The molecule has 3 nitrogen and oxygen atoms in total. The monoisotopic (exact) mass is 226 g/mol. The van der Waals surface area contributed by atoms with E-state index in [1.54, 1.807) is 0 Å². The zero-order chi connectivity index (χ0) is 10.4. The van der Waals surface area contributed by atoms with Crippen LogP contribution in [0.25, 0.3) is 0 Å². The number of nitrogens with zero attached hydrogens (tertiary/aromatic N) is 1. The SMILES string of the molecule is CCOc1cccc([C@H](N)CC#N)c1.Cl. The summed E-state index contributed by atoms with van der Waals surface area (Å²) in [6, 6.07) is 9.38. The Labute approximate surface area is 96.3 Å². The highest BCUT2D eigenvalue weighted by atomic mass is 35.5. The van der Waals surface area contributed by atoms with Gasteiger partial charge in [-0.25, -0.2) is 0 Å². The van der Waals surface area contributed by atoms with E-state index in [1.807, 2.05) is 31.2 Å². The molecule has 1 aromatic rings. The lowest BCUT2D eigenvalue weighted by Gasteiger charge is -2.09. The molecule has 82 valence electrons. The van der Waals surface area contributed by atoms with Crippen molar-refractivity contribution in [1.29, 1.82) is 5.26 Å². The molecule has 0 radical (unpaired) electrons. The first kappa shape index (κ1) is 13.8. The van der Waals surface area contributed by atoms with Crippen LogP contribution in [0.1, 0.15) is 24.9 Å². The van der Waals surface area contributed by atoms with Crippen molar-refractivity contribution >= 4 is 12.4 Å². The quantitative estimate of drug-likeness (QED) is 0.858. The fraction of sp³-hybridized carbons (Fsp3) is 0.364. The van der Waals surface area contributed by atoms with Crippen LogP contribution in [0.15, 0.2) is 24.3 Å². The van der Waals surface area contributed by atoms with Gasteiger partial charge >= 0.3 is 0 Å². The van der Waals surface area contributed by atoms with Crippen LogP contribution in [0.2, 0.25) is 0 Å². The van der Waals surface area contributed by atoms with Gasteiger partial charge in [0.2, 0.25) is 0 Å². The molecule has 0 bridgehead atoms. The van der Waals surface area contributed by atoms with E-state index < -0.39 is 0 Å². The molecule has 1 aromatic carbocycles. The van der Waals surface area contributed by atoms with Crippen LogP contribution in [0.5, 0.6) is 5.75 Å². The van der Waals surface area contributed by atoms with Crippen molar-refractivity contribution in [3.63, 3.8) is 0 Å². The molecule has 0 aliphatic heterocycles. The summed E-state index contributed by atoms with van der Waals surface area (Å²) < 4.78 is 5.34. The largest absolute Gasteiger partial charge is 0.494 e. The third kappa shape index (κ3) is 4.20. The van der Waals surface area contributed by atoms with E-state index in [9.17, 15) is 0 Å². The molecule has 0 heterocycles. The molecule has 0 saturated heterocycles. The Kier molecular flexibility index (Phi) is 6.52. The van der Waals surface area contributed by atoms with E-state index in [2.05, 4.69) is 6.07 Å². The number of nitrogens with two attached hydrogens (primary N) is 1. The Morgan fingerprint density at radius 2 is 2.27 bits per heavy atom. The number of hydrogen-bond acceptors (Lipinski definition) is 3. The number of hydrogen-bond donors (Lipinski definition) is 1. The smallest absolute Gasteiger partial charge is 0.119 e. The Hall–Kier alpha value is -1.24. The van der Waals surface area contributed by atoms with Crippen molar-refractivity contribution < 1.29 is 4.74 Å². The van der Waals surface area contributed by atoms with E-state index >= 15 is 0 Å². The van der Waals surface area contributed by atoms with E-state index in [4.69, 9.17) is 15.7 Å². The summed E-state index contributed by atoms with van der Waals surface area (Å²) in [5.41, 5.74) is 6.73. The highest BCUT2D eigenvalue weighted by Gasteiger charge is 2.05. The third-order valence-corrected chi connectivity index (χ3v) is 1.91. The lowest BCUT2D eigenvalue weighted by Crippen LogP contribution is -2.09. The molecule has 0 fully saturated rings. The Morgan fingerprint density at radius 1 is 1.53 bits per heavy atom. The number of rotatable bonds is 4. The summed E-state index contributed by atoms with van der Waals surface area (Å²) in [6.45, 7) is 2.57. The summed E-state index contributed by atoms with van der Waals surface area (Å²) in [6.07, 6.45) is 0.329. The molecule has 0 aromatic heterocycles. The van der Waals surface area contributed by atoms with Crippen LogP contribution in [-0.2, 0) is 0 Å². The van der Waals surface area contributed by atoms with Gasteiger partial charge in [-0.2, -0.15) is 5.26 Å². The number of benzene rings is 1. The molecular weight excluding hydrogens is 212 g/mol. The lowest BCUT2D eigenvalue weighted by atomic mass is 10.1. The third-order valence-electron chi connectivity index (χ3n) is 1.91. The van der Waals surface area contributed by atoms with Gasteiger partial charge in [0.05, 0.1) is 19.1 Å². The van der Waals surface area contributed by atoms with Gasteiger partial charge in [0, 0.05) is 6.04 Å². The molecule has 4 heteroatoms. The topological polar surface area (TPSA) is 59.0 Å². The molecule has 0 spiro atoms. The first-order chi connectivity index (χ1) is 6.77. The molecule has 0 aliphatic rings. The van der Waals surface area contributed by atoms with Crippen LogP contribution in [0, 0.1) is 11.3 Å². The molecule has 2 N–H and O–H groups in total. The van der Waals surface area contributed by atoms with Crippen molar-refractivity contribution in [1.82, 2.24) is 0 Å². The molecule has 1 atom stereocenters. The van der Waals surface area contributed by atoms with Gasteiger partial charge in [-0.15, -0.1) is 12.4 Å². The average Bonchev–Trinajstić information content (AvgIpc) is 2.19. The minimum Gasteiger partial charge on any atom is -0.494 e. The molecule has 0 aliphatic carbocycles. The average molecular weight is 227 g/mol. The minimum atomic E-state index is -0.222. The van der Waals surface area contributed by atoms with Crippen LogP contribution in [-0.4, -0.2) is 6.61 Å². The van der Waals surface area contributed by atoms with Gasteiger partial charge in [0.15, 0.2) is 0 Å². The second-order valence-electron chi connectivity index (χ2n) is 2.97. The first-order valence-corrected chi connectivity index (χ1v) is 4.63. The Balaban J connectivity index is 0.00000196. The second-order valence-corrected chi connectivity index (χ2v) is 2.97. The summed E-state index contributed by atoms with van der Waals surface area (Å²) in [7, 11) is 0. The number of ether oxygens (including phenoxy) is 1. The van der Waals surface area contributed by atoms with Crippen LogP contribution >= 0.6 is 12.4 Å². The summed E-state index contributed by atoms with van der Waals surface area (Å²) in [4.78, 5) is 0. The predicted octanol–water partition coefficient (Wildman–Crippen LogP) is 2.42. The van der Waals surface area contributed by atoms with Gasteiger partial charge in [-0.05, 0) is 24.6 Å². The summed E-state index contributed by atoms with van der Waals surface area (Å²) in [5.74, 6) is 0.804. The van der Waals surface area contributed by atoms with Crippen molar-refractivity contribution in [2.45, 2.75) is 19.4 Å². The zero-order valence-electron chi connectivity index (χ0n) is 8.64. The van der Waals surface area contributed by atoms with E-state index in [1.165, 1.54) is 0 Å². The predicted molar refractivity (Wildman–Crippen MR) is 62.0 cm³/mol.